The molecule has 0 unspecified atom stereocenters. The molecule has 3 aromatic rings. The summed E-state index contributed by atoms with van der Waals surface area (Å²) in [6, 6.07) is 4.22. The van der Waals surface area contributed by atoms with Crippen molar-refractivity contribution in [1.29, 1.82) is 0 Å². The van der Waals surface area contributed by atoms with Gasteiger partial charge >= 0.3 is 12.4 Å². The summed E-state index contributed by atoms with van der Waals surface area (Å²) >= 11 is 7.53. The van der Waals surface area contributed by atoms with Gasteiger partial charge in [-0.15, -0.1) is 0 Å². The zero-order chi connectivity index (χ0) is 44.5. The summed E-state index contributed by atoms with van der Waals surface area (Å²) < 4.78 is 143. The molecule has 1 amide bonds. The zero-order valence-electron chi connectivity index (χ0n) is 32.4. The van der Waals surface area contributed by atoms with Gasteiger partial charge < -0.3 is 15.1 Å². The lowest BCUT2D eigenvalue weighted by molar-refractivity contribution is -0.142. The number of pyridine rings is 1. The number of aromatic nitrogens is 3. The molecule has 0 aliphatic heterocycles. The van der Waals surface area contributed by atoms with Crippen molar-refractivity contribution in [2.45, 2.75) is 82.9 Å². The Balaban J connectivity index is 1.54. The third kappa shape index (κ3) is 11.1. The van der Waals surface area contributed by atoms with Gasteiger partial charge in [0, 0.05) is 40.3 Å². The maximum Gasteiger partial charge on any atom is 0.435 e. The first-order valence-electron chi connectivity index (χ1n) is 18.1. The van der Waals surface area contributed by atoms with E-state index in [2.05, 4.69) is 37.1 Å². The molecular weight excluding hydrogens is 856 g/mol. The van der Waals surface area contributed by atoms with Crippen molar-refractivity contribution >= 4 is 35.3 Å². The molecule has 60 heavy (non-hydrogen) atoms. The molecule has 2 aliphatic carbocycles. The van der Waals surface area contributed by atoms with Gasteiger partial charge in [0.15, 0.2) is 11.5 Å². The van der Waals surface area contributed by atoms with Gasteiger partial charge in [-0.25, -0.2) is 13.8 Å². The maximum absolute atomic E-state index is 15.5. The standard InChI is InChI=1S/C39H38ClF10N7O2S/c1-19(35(56-60-5)54-51-18-37(43,44)45)26(40)8-6-7-22-9-10-25(11-12-36(3,4)59)52-32(22)27(15-21-13-23(41)16-24(42)14-21)53-28(58)17-57-34-30(33(55-57)39(48,49)50)29-20(2)31(29)38(34,46)47/h6,8-10,13-14,16,20,27,29,31,51,59H,7,15,17-18H2,1-5H3,(H,53,58)(H,54,56)/b8-6-,26-19-/t20-,27+,29-,31-/m1/s1. The summed E-state index contributed by atoms with van der Waals surface area (Å²) in [6.07, 6.45) is -5.51. The van der Waals surface area contributed by atoms with E-state index in [1.807, 2.05) is 5.43 Å². The predicted molar refractivity (Wildman–Crippen MR) is 204 cm³/mol. The monoisotopic (exact) mass is 893 g/mol. The minimum absolute atomic E-state index is 0.00265. The number of hydrogen-bond acceptors (Lipinski definition) is 7. The highest BCUT2D eigenvalue weighted by atomic mass is 35.5. The molecule has 1 saturated carbocycles. The third-order valence-electron chi connectivity index (χ3n) is 9.52. The normalized spacial score (nSPS) is 19.6. The van der Waals surface area contributed by atoms with E-state index in [1.165, 1.54) is 52.0 Å². The van der Waals surface area contributed by atoms with E-state index < -0.39 is 95.3 Å². The molecule has 5 rings (SSSR count). The smallest absolute Gasteiger partial charge is 0.378 e. The van der Waals surface area contributed by atoms with Gasteiger partial charge in [-0.2, -0.15) is 45.3 Å². The van der Waals surface area contributed by atoms with Gasteiger partial charge in [0.05, 0.1) is 11.7 Å². The van der Waals surface area contributed by atoms with E-state index in [9.17, 15) is 45.0 Å². The molecule has 2 aromatic heterocycles. The number of alkyl halides is 8. The van der Waals surface area contributed by atoms with Crippen LogP contribution in [0.4, 0.5) is 43.9 Å². The average Bonchev–Trinajstić information content (AvgIpc) is 3.52. The number of hydrogen-bond donors (Lipinski definition) is 4. The summed E-state index contributed by atoms with van der Waals surface area (Å²) in [7, 11) is 0. The Bertz CT molecular complexity index is 2250. The summed E-state index contributed by atoms with van der Waals surface area (Å²) in [5, 5.41) is 20.0. The molecule has 0 spiro atoms. The summed E-state index contributed by atoms with van der Waals surface area (Å²) in [5.74, 6) is -4.69. The number of nitrogens with one attached hydrogen (secondary N) is 3. The number of benzene rings is 1. The second kappa shape index (κ2) is 17.7. The van der Waals surface area contributed by atoms with E-state index in [4.69, 9.17) is 11.6 Å². The van der Waals surface area contributed by atoms with E-state index >= 15 is 8.78 Å². The van der Waals surface area contributed by atoms with Crippen LogP contribution in [0.15, 0.2) is 58.2 Å². The Morgan fingerprint density at radius 2 is 1.80 bits per heavy atom. The Kier molecular flexibility index (Phi) is 13.7. The topological polar surface area (TPSA) is 116 Å². The minimum atomic E-state index is -5.10. The highest BCUT2D eigenvalue weighted by Gasteiger charge is 2.72. The highest BCUT2D eigenvalue weighted by molar-refractivity contribution is 7.97. The van der Waals surface area contributed by atoms with Gasteiger partial charge in [0.25, 0.3) is 5.92 Å². The van der Waals surface area contributed by atoms with Crippen molar-refractivity contribution in [3.05, 3.63) is 104 Å². The van der Waals surface area contributed by atoms with Gasteiger partial charge in [-0.1, -0.05) is 48.5 Å². The number of carbonyl (C=O) groups excluding carboxylic acids is 1. The maximum atomic E-state index is 15.5. The lowest BCUT2D eigenvalue weighted by Crippen LogP contribution is -2.35. The van der Waals surface area contributed by atoms with Crippen LogP contribution in [0, 0.1) is 35.3 Å². The molecule has 324 valence electrons. The number of amidine groups is 1. The molecule has 0 bridgehead atoms. The lowest BCUT2D eigenvalue weighted by Gasteiger charge is -2.22. The van der Waals surface area contributed by atoms with Crippen molar-refractivity contribution in [2.75, 3.05) is 12.8 Å². The number of allylic oxidation sites excluding steroid dienone is 3. The number of nitrogens with zero attached hydrogens (tertiary/aromatic N) is 4. The summed E-state index contributed by atoms with van der Waals surface area (Å²) in [6.45, 7) is 3.21. The van der Waals surface area contributed by atoms with Crippen molar-refractivity contribution in [2.24, 2.45) is 16.9 Å². The van der Waals surface area contributed by atoms with Gasteiger partial charge in [-0.3, -0.25) is 14.9 Å². The van der Waals surface area contributed by atoms with Crippen LogP contribution in [0.5, 0.6) is 0 Å². The first kappa shape index (κ1) is 46.3. The largest absolute Gasteiger partial charge is 0.435 e. The Morgan fingerprint density at radius 1 is 1.13 bits per heavy atom. The van der Waals surface area contributed by atoms with E-state index in [0.29, 0.717) is 16.3 Å². The minimum Gasteiger partial charge on any atom is -0.378 e. The van der Waals surface area contributed by atoms with E-state index in [-0.39, 0.29) is 46.2 Å². The zero-order valence-corrected chi connectivity index (χ0v) is 34.0. The van der Waals surface area contributed by atoms with Crippen molar-refractivity contribution in [3.63, 3.8) is 0 Å². The van der Waals surface area contributed by atoms with Crippen molar-refractivity contribution in [3.8, 4) is 11.8 Å². The van der Waals surface area contributed by atoms with Crippen LogP contribution < -0.4 is 15.5 Å². The fourth-order valence-corrected chi connectivity index (χ4v) is 7.49. The Labute approximate surface area is 347 Å². The van der Waals surface area contributed by atoms with Crippen LogP contribution in [-0.2, 0) is 36.3 Å². The quantitative estimate of drug-likeness (QED) is 0.0260. The van der Waals surface area contributed by atoms with Crippen LogP contribution in [0.25, 0.3) is 0 Å². The molecular formula is C39H38ClF10N7O2S. The first-order chi connectivity index (χ1) is 27.8. The fourth-order valence-electron chi connectivity index (χ4n) is 6.92. The third-order valence-corrected chi connectivity index (χ3v) is 10.3. The lowest BCUT2D eigenvalue weighted by atomic mass is 9.96. The number of fused-ring (bicyclic) bond motifs is 3. The first-order valence-corrected chi connectivity index (χ1v) is 19.7. The molecule has 2 heterocycles. The Morgan fingerprint density at radius 3 is 2.40 bits per heavy atom. The molecule has 9 nitrogen and oxygen atoms in total. The van der Waals surface area contributed by atoms with Crippen LogP contribution in [-0.4, -0.2) is 56.2 Å². The number of amides is 1. The van der Waals surface area contributed by atoms with Crippen molar-refractivity contribution in [1.82, 2.24) is 30.2 Å². The van der Waals surface area contributed by atoms with Gasteiger partial charge in [-0.05, 0) is 80.9 Å². The number of rotatable bonds is 13. The van der Waals surface area contributed by atoms with E-state index in [0.717, 1.165) is 24.1 Å². The number of carbonyl (C=O) groups is 1. The molecule has 4 atom stereocenters. The number of hydrazone groups is 1. The molecule has 0 saturated heterocycles. The Hall–Kier alpha value is -4.74. The molecule has 2 aliphatic rings. The highest BCUT2D eigenvalue weighted by Crippen LogP contribution is 2.71. The summed E-state index contributed by atoms with van der Waals surface area (Å²) in [4.78, 5) is 18.3. The molecule has 0 radical (unpaired) electrons. The van der Waals surface area contributed by atoms with Gasteiger partial charge in [0.1, 0.15) is 41.7 Å². The average molecular weight is 894 g/mol. The second-order valence-corrected chi connectivity index (χ2v) is 15.8. The fraction of sp³-hybridized carbons (Fsp3) is 0.436. The van der Waals surface area contributed by atoms with Gasteiger partial charge in [0.2, 0.25) is 5.91 Å². The van der Waals surface area contributed by atoms with Crippen LogP contribution in [0.2, 0.25) is 0 Å². The molecule has 1 aromatic carbocycles. The number of halogens is 11. The van der Waals surface area contributed by atoms with E-state index in [1.54, 1.807) is 6.26 Å². The van der Waals surface area contributed by atoms with Crippen LogP contribution >= 0.6 is 23.5 Å². The molecule has 4 N–H and O–H groups in total. The second-order valence-electron chi connectivity index (χ2n) is 14.7. The van der Waals surface area contributed by atoms with Crippen LogP contribution in [0.1, 0.15) is 79.1 Å². The SMILES string of the molecule is CSNC(=N/NCC(F)(F)F)/C(C)=C(Cl)/C=C\Cc1ccc(C#CC(C)(C)O)nc1[C@H](Cc1cc(F)cc(F)c1)NC(=O)Cn1nc(C(F)(F)F)c2c1C(F)(F)[C@@H]1[C@H](C)[C@H]21. The predicted octanol–water partition coefficient (Wildman–Crippen LogP) is 8.20. The molecule has 21 heteroatoms. The van der Waals surface area contributed by atoms with Crippen molar-refractivity contribution < 1.29 is 53.8 Å². The summed E-state index contributed by atoms with van der Waals surface area (Å²) in [5.41, 5.74) is -2.06. The number of aliphatic hydroxyl groups is 1. The van der Waals surface area contributed by atoms with Crippen LogP contribution in [0.3, 0.4) is 0 Å². The molecule has 1 fully saturated rings.